The molecule has 4 N–H and O–H groups in total. The van der Waals surface area contributed by atoms with Crippen LogP contribution in [0.25, 0.3) is 0 Å². The lowest BCUT2D eigenvalue weighted by atomic mass is 10.2. The first kappa shape index (κ1) is 15.8. The maximum Gasteiger partial charge on any atom is 0.291 e. The van der Waals surface area contributed by atoms with Gasteiger partial charge in [-0.1, -0.05) is 19.1 Å². The number of hydrogen-bond acceptors (Lipinski definition) is 4. The van der Waals surface area contributed by atoms with E-state index in [9.17, 15) is 9.59 Å². The van der Waals surface area contributed by atoms with Crippen LogP contribution in [0.2, 0.25) is 0 Å². The van der Waals surface area contributed by atoms with Crippen LogP contribution in [0.4, 0.5) is 5.69 Å². The van der Waals surface area contributed by atoms with Gasteiger partial charge in [0, 0.05) is 12.2 Å². The van der Waals surface area contributed by atoms with Crippen molar-refractivity contribution in [2.75, 3.05) is 5.32 Å². The van der Waals surface area contributed by atoms with E-state index >= 15 is 0 Å². The van der Waals surface area contributed by atoms with E-state index in [1.807, 2.05) is 19.1 Å². The molecule has 0 unspecified atom stereocenters. The summed E-state index contributed by atoms with van der Waals surface area (Å²) in [4.78, 5) is 23.4. The molecule has 0 aliphatic rings. The fourth-order valence-corrected chi connectivity index (χ4v) is 1.81. The van der Waals surface area contributed by atoms with Crippen LogP contribution in [0.1, 0.15) is 29.5 Å². The van der Waals surface area contributed by atoms with Crippen LogP contribution >= 0.6 is 0 Å². The van der Waals surface area contributed by atoms with Gasteiger partial charge in [0.2, 0.25) is 5.91 Å². The Hall–Kier alpha value is -2.60. The summed E-state index contributed by atoms with van der Waals surface area (Å²) in [6.07, 6.45) is 2.05. The number of benzene rings is 1. The third-order valence-electron chi connectivity index (χ3n) is 3.20. The summed E-state index contributed by atoms with van der Waals surface area (Å²) < 4.78 is 5.02. The number of furan rings is 1. The molecule has 1 heterocycles. The lowest BCUT2D eigenvalue weighted by molar-refractivity contribution is -0.122. The van der Waals surface area contributed by atoms with Gasteiger partial charge in [0.25, 0.3) is 5.91 Å². The van der Waals surface area contributed by atoms with Crippen LogP contribution in [0.3, 0.4) is 0 Å². The van der Waals surface area contributed by atoms with Gasteiger partial charge in [-0.05, 0) is 36.2 Å². The summed E-state index contributed by atoms with van der Waals surface area (Å²) in [7, 11) is 0. The number of carbonyl (C=O) groups excluding carboxylic acids is 2. The second kappa shape index (κ2) is 7.42. The Labute approximate surface area is 128 Å². The summed E-state index contributed by atoms with van der Waals surface area (Å²) in [6.45, 7) is 2.26. The summed E-state index contributed by atoms with van der Waals surface area (Å²) in [5, 5.41) is 5.49. The van der Waals surface area contributed by atoms with Crippen LogP contribution in [-0.2, 0) is 11.3 Å². The van der Waals surface area contributed by atoms with Crippen LogP contribution in [0.15, 0.2) is 47.1 Å². The fraction of sp³-hybridized carbons (Fsp3) is 0.250. The van der Waals surface area contributed by atoms with Crippen LogP contribution < -0.4 is 16.4 Å². The number of anilines is 1. The molecule has 2 rings (SSSR count). The Bertz CT molecular complexity index is 621. The molecule has 6 nitrogen and oxygen atoms in total. The van der Waals surface area contributed by atoms with Crippen molar-refractivity contribution in [3.63, 3.8) is 0 Å². The molecule has 0 aliphatic carbocycles. The Morgan fingerprint density at radius 1 is 1.23 bits per heavy atom. The van der Waals surface area contributed by atoms with E-state index in [1.165, 1.54) is 6.26 Å². The highest BCUT2D eigenvalue weighted by molar-refractivity contribution is 6.02. The molecular weight excluding hydrogens is 282 g/mol. The maximum atomic E-state index is 11.8. The number of rotatable bonds is 6. The maximum absolute atomic E-state index is 11.8. The van der Waals surface area contributed by atoms with E-state index in [2.05, 4.69) is 10.6 Å². The Balaban J connectivity index is 1.88. The predicted molar refractivity (Wildman–Crippen MR) is 83.2 cm³/mol. The molecule has 0 radical (unpaired) electrons. The average Bonchev–Trinajstić information content (AvgIpc) is 3.07. The second-order valence-electron chi connectivity index (χ2n) is 4.86. The zero-order valence-corrected chi connectivity index (χ0v) is 12.3. The van der Waals surface area contributed by atoms with Crippen molar-refractivity contribution in [3.05, 3.63) is 54.0 Å². The number of nitrogens with one attached hydrogen (secondary N) is 2. The van der Waals surface area contributed by atoms with Crippen LogP contribution in [-0.4, -0.2) is 17.9 Å². The summed E-state index contributed by atoms with van der Waals surface area (Å²) in [5.74, 6) is -0.220. The van der Waals surface area contributed by atoms with Crippen molar-refractivity contribution >= 4 is 17.5 Å². The SMILES string of the molecule is CC[C@H](N)C(=O)NCc1ccc(NC(=O)c2ccco2)cc1. The Kier molecular flexibility index (Phi) is 5.32. The summed E-state index contributed by atoms with van der Waals surface area (Å²) >= 11 is 0. The van der Waals surface area contributed by atoms with Gasteiger partial charge in [0.15, 0.2) is 5.76 Å². The fourth-order valence-electron chi connectivity index (χ4n) is 1.81. The number of amides is 2. The lowest BCUT2D eigenvalue weighted by Crippen LogP contribution is -2.39. The number of hydrogen-bond donors (Lipinski definition) is 3. The van der Waals surface area contributed by atoms with Gasteiger partial charge in [-0.2, -0.15) is 0 Å². The molecule has 116 valence electrons. The minimum absolute atomic E-state index is 0.169. The van der Waals surface area contributed by atoms with Crippen LogP contribution in [0.5, 0.6) is 0 Å². The first-order valence-electron chi connectivity index (χ1n) is 7.07. The molecule has 0 spiro atoms. The van der Waals surface area contributed by atoms with E-state index in [1.54, 1.807) is 24.3 Å². The van der Waals surface area contributed by atoms with E-state index in [4.69, 9.17) is 10.2 Å². The highest BCUT2D eigenvalue weighted by Crippen LogP contribution is 2.11. The van der Waals surface area contributed by atoms with Gasteiger partial charge in [0.05, 0.1) is 12.3 Å². The quantitative estimate of drug-likeness (QED) is 0.759. The first-order valence-corrected chi connectivity index (χ1v) is 7.07. The Morgan fingerprint density at radius 2 is 1.95 bits per heavy atom. The van der Waals surface area contributed by atoms with Crippen molar-refractivity contribution in [2.24, 2.45) is 5.73 Å². The molecular formula is C16H19N3O3. The Morgan fingerprint density at radius 3 is 2.55 bits per heavy atom. The highest BCUT2D eigenvalue weighted by atomic mass is 16.3. The van der Waals surface area contributed by atoms with Crippen molar-refractivity contribution in [2.45, 2.75) is 25.9 Å². The van der Waals surface area contributed by atoms with Gasteiger partial charge in [-0.3, -0.25) is 9.59 Å². The number of nitrogens with two attached hydrogens (primary N) is 1. The largest absolute Gasteiger partial charge is 0.459 e. The zero-order valence-electron chi connectivity index (χ0n) is 12.3. The van der Waals surface area contributed by atoms with Gasteiger partial charge < -0.3 is 20.8 Å². The van der Waals surface area contributed by atoms with E-state index in [0.717, 1.165) is 5.56 Å². The summed E-state index contributed by atoms with van der Waals surface area (Å²) in [6, 6.07) is 9.96. The normalized spacial score (nSPS) is 11.7. The van der Waals surface area contributed by atoms with Gasteiger partial charge in [-0.15, -0.1) is 0 Å². The molecule has 0 saturated heterocycles. The highest BCUT2D eigenvalue weighted by Gasteiger charge is 2.10. The standard InChI is InChI=1S/C16H19N3O3/c1-2-13(17)15(20)18-10-11-5-7-12(8-6-11)19-16(21)14-4-3-9-22-14/h3-9,13H,2,10,17H2,1H3,(H,18,20)(H,19,21)/t13-/m0/s1. The molecule has 0 saturated carbocycles. The summed E-state index contributed by atoms with van der Waals surface area (Å²) in [5.41, 5.74) is 7.22. The van der Waals surface area contributed by atoms with Crippen molar-refractivity contribution in [3.8, 4) is 0 Å². The molecule has 0 bridgehead atoms. The van der Waals surface area contributed by atoms with Gasteiger partial charge in [-0.25, -0.2) is 0 Å². The van der Waals surface area contributed by atoms with Crippen molar-refractivity contribution in [1.82, 2.24) is 5.32 Å². The lowest BCUT2D eigenvalue weighted by Gasteiger charge is -2.10. The molecule has 0 fully saturated rings. The molecule has 22 heavy (non-hydrogen) atoms. The van der Waals surface area contributed by atoms with Crippen LogP contribution in [0, 0.1) is 0 Å². The van der Waals surface area contributed by atoms with E-state index in [-0.39, 0.29) is 17.6 Å². The molecule has 2 amide bonds. The predicted octanol–water partition coefficient (Wildman–Crippen LogP) is 1.89. The molecule has 1 aromatic heterocycles. The first-order chi connectivity index (χ1) is 10.6. The smallest absolute Gasteiger partial charge is 0.291 e. The molecule has 2 aromatic rings. The van der Waals surface area contributed by atoms with E-state index < -0.39 is 6.04 Å². The topological polar surface area (TPSA) is 97.4 Å². The van der Waals surface area contributed by atoms with Crippen molar-refractivity contribution in [1.29, 1.82) is 0 Å². The molecule has 6 heteroatoms. The molecule has 1 atom stereocenters. The third kappa shape index (κ3) is 4.20. The van der Waals surface area contributed by atoms with Gasteiger partial charge >= 0.3 is 0 Å². The molecule has 0 aliphatic heterocycles. The molecule has 1 aromatic carbocycles. The van der Waals surface area contributed by atoms with Crippen molar-refractivity contribution < 1.29 is 14.0 Å². The minimum atomic E-state index is -0.480. The average molecular weight is 301 g/mol. The monoisotopic (exact) mass is 301 g/mol. The third-order valence-corrected chi connectivity index (χ3v) is 3.20. The number of carbonyl (C=O) groups is 2. The second-order valence-corrected chi connectivity index (χ2v) is 4.86. The van der Waals surface area contributed by atoms with Gasteiger partial charge in [0.1, 0.15) is 0 Å². The zero-order chi connectivity index (χ0) is 15.9. The minimum Gasteiger partial charge on any atom is -0.459 e. The van der Waals surface area contributed by atoms with E-state index in [0.29, 0.717) is 18.7 Å².